The van der Waals surface area contributed by atoms with E-state index < -0.39 is 0 Å². The smallest absolute Gasteiger partial charge is 0.227 e. The highest BCUT2D eigenvalue weighted by Gasteiger charge is 2.22. The maximum Gasteiger partial charge on any atom is 0.227 e. The molecule has 0 aliphatic rings. The summed E-state index contributed by atoms with van der Waals surface area (Å²) in [4.78, 5) is 27.9. The Morgan fingerprint density at radius 1 is 0.946 bits per heavy atom. The van der Waals surface area contributed by atoms with Gasteiger partial charge in [0.1, 0.15) is 10.8 Å². The summed E-state index contributed by atoms with van der Waals surface area (Å²) in [6.45, 7) is 2.30. The van der Waals surface area contributed by atoms with Gasteiger partial charge in [-0.3, -0.25) is 9.59 Å². The van der Waals surface area contributed by atoms with Crippen molar-refractivity contribution in [3.63, 3.8) is 0 Å². The van der Waals surface area contributed by atoms with Crippen LogP contribution < -0.4 is 10.1 Å². The molecule has 1 heterocycles. The van der Waals surface area contributed by atoms with Gasteiger partial charge in [0.25, 0.3) is 0 Å². The molecular formula is C29H30N4O3S. The molecule has 1 unspecified atom stereocenters. The molecular weight excluding hydrogens is 484 g/mol. The number of aryl methyl sites for hydroxylation is 1. The van der Waals surface area contributed by atoms with Gasteiger partial charge in [-0.25, -0.2) is 0 Å². The third kappa shape index (κ3) is 7.24. The molecule has 37 heavy (non-hydrogen) atoms. The first-order chi connectivity index (χ1) is 18.0. The van der Waals surface area contributed by atoms with Crippen molar-refractivity contribution in [1.29, 1.82) is 0 Å². The van der Waals surface area contributed by atoms with Crippen molar-refractivity contribution in [2.45, 2.75) is 32.2 Å². The molecule has 3 aromatic carbocycles. The molecule has 0 spiro atoms. The first-order valence-corrected chi connectivity index (χ1v) is 13.0. The lowest BCUT2D eigenvalue weighted by Gasteiger charge is -2.30. The number of carbonyl (C=O) groups is 2. The van der Waals surface area contributed by atoms with Crippen LogP contribution in [-0.2, 0) is 16.0 Å². The fourth-order valence-electron chi connectivity index (χ4n) is 4.04. The third-order valence-electron chi connectivity index (χ3n) is 6.11. The lowest BCUT2D eigenvalue weighted by Crippen LogP contribution is -2.36. The van der Waals surface area contributed by atoms with E-state index in [9.17, 15) is 9.59 Å². The van der Waals surface area contributed by atoms with Crippen molar-refractivity contribution >= 4 is 28.3 Å². The summed E-state index contributed by atoms with van der Waals surface area (Å²) in [5.74, 6) is 0.529. The van der Waals surface area contributed by atoms with Crippen LogP contribution in [0, 0.1) is 0 Å². The maximum absolute atomic E-state index is 13.3. The average Bonchev–Trinajstić information content (AvgIpc) is 3.41. The monoisotopic (exact) mass is 514 g/mol. The molecule has 1 atom stereocenters. The van der Waals surface area contributed by atoms with Gasteiger partial charge >= 0.3 is 0 Å². The van der Waals surface area contributed by atoms with E-state index in [-0.39, 0.29) is 24.3 Å². The van der Waals surface area contributed by atoms with Crippen LogP contribution in [0.4, 0.5) is 5.13 Å². The second-order valence-corrected chi connectivity index (χ2v) is 9.58. The van der Waals surface area contributed by atoms with Crippen LogP contribution >= 0.6 is 11.3 Å². The van der Waals surface area contributed by atoms with Crippen molar-refractivity contribution in [3.05, 3.63) is 96.1 Å². The zero-order valence-corrected chi connectivity index (χ0v) is 21.8. The number of methoxy groups -OCH3 is 1. The van der Waals surface area contributed by atoms with Crippen molar-refractivity contribution < 1.29 is 14.3 Å². The molecule has 4 rings (SSSR count). The van der Waals surface area contributed by atoms with Gasteiger partial charge < -0.3 is 15.0 Å². The zero-order valence-electron chi connectivity index (χ0n) is 21.0. The van der Waals surface area contributed by atoms with Crippen molar-refractivity contribution in [2.24, 2.45) is 0 Å². The fraction of sp³-hybridized carbons (Fsp3) is 0.241. The summed E-state index contributed by atoms with van der Waals surface area (Å²) < 4.78 is 5.27. The summed E-state index contributed by atoms with van der Waals surface area (Å²) in [6, 6.07) is 27.2. The van der Waals surface area contributed by atoms with Gasteiger partial charge in [-0.1, -0.05) is 84.1 Å². The first kappa shape index (κ1) is 26.0. The van der Waals surface area contributed by atoms with Crippen molar-refractivity contribution in [2.75, 3.05) is 19.0 Å². The highest BCUT2D eigenvalue weighted by molar-refractivity contribution is 7.18. The Morgan fingerprint density at radius 2 is 1.68 bits per heavy atom. The molecule has 0 aliphatic heterocycles. The number of hydrogen-bond donors (Lipinski definition) is 1. The average molecular weight is 515 g/mol. The molecule has 0 fully saturated rings. The Kier molecular flexibility index (Phi) is 8.99. The third-order valence-corrected chi connectivity index (χ3v) is 7.00. The number of benzene rings is 3. The van der Waals surface area contributed by atoms with E-state index in [1.54, 1.807) is 12.0 Å². The highest BCUT2D eigenvalue weighted by atomic mass is 32.1. The molecule has 0 radical (unpaired) electrons. The molecule has 2 amide bonds. The molecule has 7 nitrogen and oxygen atoms in total. The number of nitrogens with one attached hydrogen (secondary N) is 1. The normalized spacial score (nSPS) is 11.5. The summed E-state index contributed by atoms with van der Waals surface area (Å²) in [5.41, 5.74) is 3.01. The number of ether oxygens (including phenoxy) is 1. The molecule has 0 bridgehead atoms. The Labute approximate surface area is 221 Å². The first-order valence-electron chi connectivity index (χ1n) is 12.2. The lowest BCUT2D eigenvalue weighted by molar-refractivity contribution is -0.133. The highest BCUT2D eigenvalue weighted by Crippen LogP contribution is 2.29. The Hall–Kier alpha value is -4.04. The van der Waals surface area contributed by atoms with E-state index in [1.165, 1.54) is 11.3 Å². The summed E-state index contributed by atoms with van der Waals surface area (Å²) in [6.07, 6.45) is 1.19. The minimum absolute atomic E-state index is 0.0178. The molecule has 8 heteroatoms. The number of rotatable bonds is 11. The lowest BCUT2D eigenvalue weighted by atomic mass is 10.0. The summed E-state index contributed by atoms with van der Waals surface area (Å²) in [5, 5.41) is 12.2. The number of anilines is 1. The minimum Gasteiger partial charge on any atom is -0.497 e. The SMILES string of the molecule is COc1cccc(-c2nnc(NC(=O)CCN(C(=O)CCc3ccccc3)C(C)c3ccccc3)s2)c1. The molecule has 4 aromatic rings. The van der Waals surface area contributed by atoms with Crippen LogP contribution in [0.1, 0.15) is 36.9 Å². The van der Waals surface area contributed by atoms with Crippen LogP contribution in [0.5, 0.6) is 5.75 Å². The number of carbonyl (C=O) groups excluding carboxylic acids is 2. The predicted octanol–water partition coefficient (Wildman–Crippen LogP) is 5.76. The molecule has 0 saturated heterocycles. The van der Waals surface area contributed by atoms with Crippen LogP contribution in [0.25, 0.3) is 10.6 Å². The standard InChI is InChI=1S/C29H30N4O3S/c1-21(23-12-7-4-8-13-23)33(27(35)17-16-22-10-5-3-6-11-22)19-18-26(34)30-29-32-31-28(37-29)24-14-9-15-25(20-24)36-2/h3-15,20-21H,16-19H2,1-2H3,(H,30,32,34). The number of aromatic nitrogens is 2. The molecule has 1 N–H and O–H groups in total. The quantitative estimate of drug-likeness (QED) is 0.275. The van der Waals surface area contributed by atoms with Crippen LogP contribution in [0.2, 0.25) is 0 Å². The topological polar surface area (TPSA) is 84.4 Å². The van der Waals surface area contributed by atoms with Crippen molar-refractivity contribution in [1.82, 2.24) is 15.1 Å². The van der Waals surface area contributed by atoms with Crippen molar-refractivity contribution in [3.8, 4) is 16.3 Å². The van der Waals surface area contributed by atoms with E-state index in [0.717, 1.165) is 22.4 Å². The maximum atomic E-state index is 13.3. The van der Waals surface area contributed by atoms with Gasteiger partial charge in [-0.05, 0) is 36.6 Å². The van der Waals surface area contributed by atoms with E-state index in [0.29, 0.717) is 29.5 Å². The van der Waals surface area contributed by atoms with Gasteiger partial charge in [0.05, 0.1) is 13.2 Å². The Balaban J connectivity index is 1.39. The molecule has 0 saturated carbocycles. The van der Waals surface area contributed by atoms with Gasteiger partial charge in [0, 0.05) is 24.9 Å². The number of amides is 2. The second-order valence-electron chi connectivity index (χ2n) is 8.60. The predicted molar refractivity (Wildman–Crippen MR) is 146 cm³/mol. The Bertz CT molecular complexity index is 1310. The second kappa shape index (κ2) is 12.8. The van der Waals surface area contributed by atoms with Crippen LogP contribution in [-0.4, -0.2) is 40.6 Å². The number of nitrogens with zero attached hydrogens (tertiary/aromatic N) is 3. The fourth-order valence-corrected chi connectivity index (χ4v) is 4.79. The van der Waals surface area contributed by atoms with Crippen LogP contribution in [0.3, 0.4) is 0 Å². The Morgan fingerprint density at radius 3 is 2.41 bits per heavy atom. The summed E-state index contributed by atoms with van der Waals surface area (Å²) in [7, 11) is 1.61. The van der Waals surface area contributed by atoms with E-state index in [1.807, 2.05) is 91.9 Å². The summed E-state index contributed by atoms with van der Waals surface area (Å²) >= 11 is 1.29. The molecule has 190 valence electrons. The molecule has 1 aromatic heterocycles. The van der Waals surface area contributed by atoms with E-state index >= 15 is 0 Å². The van der Waals surface area contributed by atoms with E-state index in [4.69, 9.17) is 4.74 Å². The van der Waals surface area contributed by atoms with Gasteiger partial charge in [-0.15, -0.1) is 10.2 Å². The zero-order chi connectivity index (χ0) is 26.0. The number of hydrogen-bond acceptors (Lipinski definition) is 6. The minimum atomic E-state index is -0.213. The molecule has 0 aliphatic carbocycles. The van der Waals surface area contributed by atoms with Gasteiger partial charge in [0.15, 0.2) is 0 Å². The largest absolute Gasteiger partial charge is 0.497 e. The van der Waals surface area contributed by atoms with Gasteiger partial charge in [-0.2, -0.15) is 0 Å². The van der Waals surface area contributed by atoms with Gasteiger partial charge in [0.2, 0.25) is 16.9 Å². The van der Waals surface area contributed by atoms with E-state index in [2.05, 4.69) is 15.5 Å². The van der Waals surface area contributed by atoms with Crippen LogP contribution in [0.15, 0.2) is 84.9 Å².